The molecule has 0 aliphatic heterocycles. The number of hydrogen-bond donors (Lipinski definition) is 2. The molecule has 0 radical (unpaired) electrons. The number of hydrogen-bond acceptors (Lipinski definition) is 2. The zero-order valence-corrected chi connectivity index (χ0v) is 12.9. The van der Waals surface area contributed by atoms with Gasteiger partial charge in [0.05, 0.1) is 6.04 Å². The molecule has 0 fully saturated rings. The Kier molecular flexibility index (Phi) is 4.75. The van der Waals surface area contributed by atoms with Crippen LogP contribution in [0.15, 0.2) is 46.9 Å². The number of hydrazine groups is 1. The number of nitrogens with two attached hydrogens (primary N) is 1. The van der Waals surface area contributed by atoms with Crippen molar-refractivity contribution in [2.45, 2.75) is 26.3 Å². The molecule has 0 spiro atoms. The van der Waals surface area contributed by atoms with Gasteiger partial charge in [0.25, 0.3) is 0 Å². The van der Waals surface area contributed by atoms with E-state index in [9.17, 15) is 0 Å². The smallest absolute Gasteiger partial charge is 0.0500 e. The van der Waals surface area contributed by atoms with Crippen molar-refractivity contribution in [3.05, 3.63) is 69.2 Å². The summed E-state index contributed by atoms with van der Waals surface area (Å²) in [7, 11) is 0. The lowest BCUT2D eigenvalue weighted by molar-refractivity contribution is 0.551. The van der Waals surface area contributed by atoms with Gasteiger partial charge in [0, 0.05) is 4.47 Å². The predicted octanol–water partition coefficient (Wildman–Crippen LogP) is 3.81. The van der Waals surface area contributed by atoms with E-state index in [0.29, 0.717) is 0 Å². The van der Waals surface area contributed by atoms with Crippen LogP contribution in [0.3, 0.4) is 0 Å². The minimum atomic E-state index is 0.123. The van der Waals surface area contributed by atoms with Gasteiger partial charge in [-0.25, -0.2) is 0 Å². The van der Waals surface area contributed by atoms with E-state index in [1.165, 1.54) is 22.3 Å². The maximum Gasteiger partial charge on any atom is 0.0500 e. The third-order valence-electron chi connectivity index (χ3n) is 3.19. The molecule has 0 saturated carbocycles. The molecule has 100 valence electrons. The van der Waals surface area contributed by atoms with Crippen molar-refractivity contribution in [2.75, 3.05) is 0 Å². The molecule has 2 aromatic carbocycles. The Bertz CT molecular complexity index is 546. The maximum absolute atomic E-state index is 5.73. The molecule has 2 aromatic rings. The number of nitrogens with one attached hydrogen (secondary N) is 1. The van der Waals surface area contributed by atoms with Crippen molar-refractivity contribution >= 4 is 15.9 Å². The summed E-state index contributed by atoms with van der Waals surface area (Å²) < 4.78 is 1.09. The third kappa shape index (κ3) is 3.90. The fourth-order valence-electron chi connectivity index (χ4n) is 2.31. The molecule has 0 aliphatic carbocycles. The predicted molar refractivity (Wildman–Crippen MR) is 83.8 cm³/mol. The summed E-state index contributed by atoms with van der Waals surface area (Å²) in [4.78, 5) is 0. The molecular weight excluding hydrogens is 300 g/mol. The summed E-state index contributed by atoms with van der Waals surface area (Å²) in [6.45, 7) is 4.20. The molecule has 2 rings (SSSR count). The van der Waals surface area contributed by atoms with E-state index in [-0.39, 0.29) is 6.04 Å². The highest BCUT2D eigenvalue weighted by Crippen LogP contribution is 2.23. The Hall–Kier alpha value is -1.16. The summed E-state index contributed by atoms with van der Waals surface area (Å²) >= 11 is 3.54. The summed E-state index contributed by atoms with van der Waals surface area (Å²) in [6.07, 6.45) is 0.883. The van der Waals surface area contributed by atoms with Crippen LogP contribution >= 0.6 is 15.9 Å². The van der Waals surface area contributed by atoms with Crippen LogP contribution in [0.4, 0.5) is 0 Å². The Morgan fingerprint density at radius 3 is 2.53 bits per heavy atom. The first-order valence-corrected chi connectivity index (χ1v) is 7.16. The van der Waals surface area contributed by atoms with E-state index in [4.69, 9.17) is 5.84 Å². The van der Waals surface area contributed by atoms with E-state index < -0.39 is 0 Å². The van der Waals surface area contributed by atoms with Crippen molar-refractivity contribution in [3.63, 3.8) is 0 Å². The number of benzene rings is 2. The number of aryl methyl sites for hydroxylation is 2. The zero-order valence-electron chi connectivity index (χ0n) is 11.3. The highest BCUT2D eigenvalue weighted by atomic mass is 79.9. The molecule has 0 aromatic heterocycles. The summed E-state index contributed by atoms with van der Waals surface area (Å²) in [5, 5.41) is 0. The fourth-order valence-corrected chi connectivity index (χ4v) is 2.94. The normalized spacial score (nSPS) is 12.4. The fraction of sp³-hybridized carbons (Fsp3) is 0.250. The SMILES string of the molecule is Cc1cccc(CC(NN)c2cc(C)cc(Br)c2)c1. The molecule has 0 saturated heterocycles. The van der Waals surface area contributed by atoms with Gasteiger partial charge < -0.3 is 0 Å². The van der Waals surface area contributed by atoms with Gasteiger partial charge in [-0.2, -0.15) is 0 Å². The lowest BCUT2D eigenvalue weighted by Crippen LogP contribution is -2.29. The Balaban J connectivity index is 2.24. The molecule has 3 heteroatoms. The number of halogens is 1. The lowest BCUT2D eigenvalue weighted by atomic mass is 9.97. The Morgan fingerprint density at radius 2 is 1.89 bits per heavy atom. The summed E-state index contributed by atoms with van der Waals surface area (Å²) in [5.74, 6) is 5.73. The first-order chi connectivity index (χ1) is 9.08. The van der Waals surface area contributed by atoms with Gasteiger partial charge in [-0.15, -0.1) is 0 Å². The van der Waals surface area contributed by atoms with Crippen LogP contribution in [0, 0.1) is 13.8 Å². The molecule has 0 heterocycles. The van der Waals surface area contributed by atoms with E-state index in [1.54, 1.807) is 0 Å². The van der Waals surface area contributed by atoms with Crippen LogP contribution in [0.1, 0.15) is 28.3 Å². The van der Waals surface area contributed by atoms with E-state index in [2.05, 4.69) is 77.7 Å². The third-order valence-corrected chi connectivity index (χ3v) is 3.65. The molecule has 1 atom stereocenters. The van der Waals surface area contributed by atoms with Gasteiger partial charge in [-0.1, -0.05) is 51.8 Å². The second kappa shape index (κ2) is 6.33. The zero-order chi connectivity index (χ0) is 13.8. The monoisotopic (exact) mass is 318 g/mol. The van der Waals surface area contributed by atoms with E-state index in [0.717, 1.165) is 10.9 Å². The topological polar surface area (TPSA) is 38.0 Å². The van der Waals surface area contributed by atoms with E-state index in [1.807, 2.05) is 0 Å². The van der Waals surface area contributed by atoms with Crippen molar-refractivity contribution in [1.29, 1.82) is 0 Å². The van der Waals surface area contributed by atoms with Crippen molar-refractivity contribution in [2.24, 2.45) is 5.84 Å². The molecule has 2 nitrogen and oxygen atoms in total. The molecular formula is C16H19BrN2. The second-order valence-electron chi connectivity index (χ2n) is 4.97. The van der Waals surface area contributed by atoms with Gasteiger partial charge in [-0.05, 0) is 49.1 Å². The average molecular weight is 319 g/mol. The van der Waals surface area contributed by atoms with Crippen LogP contribution in [0.5, 0.6) is 0 Å². The highest BCUT2D eigenvalue weighted by molar-refractivity contribution is 9.10. The van der Waals surface area contributed by atoms with Crippen molar-refractivity contribution in [3.8, 4) is 0 Å². The molecule has 0 amide bonds. The van der Waals surface area contributed by atoms with E-state index >= 15 is 0 Å². The number of rotatable bonds is 4. The first-order valence-electron chi connectivity index (χ1n) is 6.37. The Morgan fingerprint density at radius 1 is 1.11 bits per heavy atom. The standard InChI is InChI=1S/C16H19BrN2/c1-11-4-3-5-13(6-11)9-16(19-18)14-7-12(2)8-15(17)10-14/h3-8,10,16,19H,9,18H2,1-2H3. The first kappa shape index (κ1) is 14.3. The minimum Gasteiger partial charge on any atom is -0.271 e. The van der Waals surface area contributed by atoms with Crippen LogP contribution in [0.25, 0.3) is 0 Å². The largest absolute Gasteiger partial charge is 0.271 e. The molecule has 1 unspecified atom stereocenters. The molecule has 0 bridgehead atoms. The van der Waals surface area contributed by atoms with Crippen LogP contribution in [-0.4, -0.2) is 0 Å². The quantitative estimate of drug-likeness (QED) is 0.664. The van der Waals surface area contributed by atoms with Crippen LogP contribution in [-0.2, 0) is 6.42 Å². The van der Waals surface area contributed by atoms with Crippen LogP contribution < -0.4 is 11.3 Å². The van der Waals surface area contributed by atoms with Gasteiger partial charge in [-0.3, -0.25) is 11.3 Å². The lowest BCUT2D eigenvalue weighted by Gasteiger charge is -2.18. The molecule has 0 aliphatic rings. The molecule has 3 N–H and O–H groups in total. The maximum atomic E-state index is 5.73. The summed E-state index contributed by atoms with van der Waals surface area (Å²) in [6, 6.07) is 15.1. The molecule has 19 heavy (non-hydrogen) atoms. The van der Waals surface area contributed by atoms with Gasteiger partial charge in [0.15, 0.2) is 0 Å². The highest BCUT2D eigenvalue weighted by Gasteiger charge is 2.11. The van der Waals surface area contributed by atoms with Gasteiger partial charge in [0.2, 0.25) is 0 Å². The van der Waals surface area contributed by atoms with Crippen LogP contribution in [0.2, 0.25) is 0 Å². The van der Waals surface area contributed by atoms with Crippen molar-refractivity contribution in [1.82, 2.24) is 5.43 Å². The van der Waals surface area contributed by atoms with Gasteiger partial charge in [0.1, 0.15) is 0 Å². The van der Waals surface area contributed by atoms with Crippen molar-refractivity contribution < 1.29 is 0 Å². The second-order valence-corrected chi connectivity index (χ2v) is 5.89. The minimum absolute atomic E-state index is 0.123. The van der Waals surface area contributed by atoms with Gasteiger partial charge >= 0.3 is 0 Å². The average Bonchev–Trinajstić information content (AvgIpc) is 2.34. The Labute approximate surface area is 123 Å². The summed E-state index contributed by atoms with van der Waals surface area (Å²) in [5.41, 5.74) is 7.92.